The lowest BCUT2D eigenvalue weighted by Crippen LogP contribution is -2.29. The zero-order chi connectivity index (χ0) is 9.68. The van der Waals surface area contributed by atoms with Gasteiger partial charge in [0, 0.05) is 18.8 Å². The van der Waals surface area contributed by atoms with Crippen LogP contribution in [-0.2, 0) is 0 Å². The van der Waals surface area contributed by atoms with Crippen LogP contribution in [0.25, 0.3) is 0 Å². The van der Waals surface area contributed by atoms with Gasteiger partial charge in [-0.1, -0.05) is 6.07 Å². The van der Waals surface area contributed by atoms with E-state index in [1.807, 2.05) is 18.2 Å². The van der Waals surface area contributed by atoms with Gasteiger partial charge in [0.15, 0.2) is 0 Å². The largest absolute Gasteiger partial charge is 0.366 e. The lowest BCUT2D eigenvalue weighted by atomic mass is 10.3. The number of likely N-dealkylation sites (N-methyl/N-ethyl adjacent to an activating group) is 1. The summed E-state index contributed by atoms with van der Waals surface area (Å²) >= 11 is 0. The zero-order valence-electron chi connectivity index (χ0n) is 8.49. The number of hydrogen-bond donors (Lipinski definition) is 1. The third-order valence-electron chi connectivity index (χ3n) is 1.70. The molecule has 1 unspecified atom stereocenters. The van der Waals surface area contributed by atoms with E-state index < -0.39 is 0 Å². The van der Waals surface area contributed by atoms with Crippen molar-refractivity contribution < 1.29 is 0 Å². The second kappa shape index (κ2) is 4.82. The highest BCUT2D eigenvalue weighted by atomic mass is 15.1. The predicted molar refractivity (Wildman–Crippen MR) is 55.9 cm³/mol. The van der Waals surface area contributed by atoms with Crippen LogP contribution >= 0.6 is 0 Å². The molecule has 0 saturated carbocycles. The Kier molecular flexibility index (Phi) is 3.71. The molecule has 3 heteroatoms. The molecule has 1 aromatic rings. The first kappa shape index (κ1) is 9.99. The molecule has 1 atom stereocenters. The van der Waals surface area contributed by atoms with Crippen molar-refractivity contribution in [1.29, 1.82) is 0 Å². The van der Waals surface area contributed by atoms with Crippen LogP contribution in [-0.4, -0.2) is 36.6 Å². The van der Waals surface area contributed by atoms with E-state index in [-0.39, 0.29) is 0 Å². The van der Waals surface area contributed by atoms with Crippen LogP contribution in [0.5, 0.6) is 0 Å². The molecule has 13 heavy (non-hydrogen) atoms. The normalized spacial score (nSPS) is 12.9. The highest BCUT2D eigenvalue weighted by molar-refractivity contribution is 5.34. The standard InChI is InChI=1S/C10H17N3/c1-9(8-13(2)3)12-10-6-4-5-7-11-10/h4-7,9H,8H2,1-3H3,(H,11,12). The van der Waals surface area contributed by atoms with Gasteiger partial charge >= 0.3 is 0 Å². The molecule has 1 heterocycles. The Morgan fingerprint density at radius 3 is 2.77 bits per heavy atom. The van der Waals surface area contributed by atoms with Gasteiger partial charge in [-0.15, -0.1) is 0 Å². The minimum atomic E-state index is 0.421. The summed E-state index contributed by atoms with van der Waals surface area (Å²) in [5.41, 5.74) is 0. The summed E-state index contributed by atoms with van der Waals surface area (Å²) < 4.78 is 0. The van der Waals surface area contributed by atoms with E-state index in [0.29, 0.717) is 6.04 Å². The maximum Gasteiger partial charge on any atom is 0.126 e. The van der Waals surface area contributed by atoms with Crippen molar-refractivity contribution in [1.82, 2.24) is 9.88 Å². The fraction of sp³-hybridized carbons (Fsp3) is 0.500. The van der Waals surface area contributed by atoms with Gasteiger partial charge in [-0.3, -0.25) is 0 Å². The van der Waals surface area contributed by atoms with Crippen LogP contribution in [0.4, 0.5) is 5.82 Å². The molecule has 1 N–H and O–H groups in total. The Morgan fingerprint density at radius 2 is 2.23 bits per heavy atom. The first-order chi connectivity index (χ1) is 6.18. The third kappa shape index (κ3) is 3.90. The van der Waals surface area contributed by atoms with Crippen LogP contribution < -0.4 is 5.32 Å². The zero-order valence-corrected chi connectivity index (χ0v) is 8.49. The van der Waals surface area contributed by atoms with Gasteiger partial charge in [0.25, 0.3) is 0 Å². The van der Waals surface area contributed by atoms with Crippen LogP contribution in [0.3, 0.4) is 0 Å². The minimum Gasteiger partial charge on any atom is -0.366 e. The number of hydrogen-bond acceptors (Lipinski definition) is 3. The molecule has 0 fully saturated rings. The average Bonchev–Trinajstić information content (AvgIpc) is 2.04. The molecular formula is C10H17N3. The number of pyridine rings is 1. The van der Waals surface area contributed by atoms with Crippen molar-refractivity contribution in [3.63, 3.8) is 0 Å². The topological polar surface area (TPSA) is 28.2 Å². The van der Waals surface area contributed by atoms with Gasteiger partial charge in [0.05, 0.1) is 0 Å². The Labute approximate surface area is 79.8 Å². The molecule has 0 bridgehead atoms. The van der Waals surface area contributed by atoms with Gasteiger partial charge in [-0.25, -0.2) is 4.98 Å². The van der Waals surface area contributed by atoms with Crippen molar-refractivity contribution >= 4 is 5.82 Å². The molecule has 1 aromatic heterocycles. The van der Waals surface area contributed by atoms with E-state index in [4.69, 9.17) is 0 Å². The number of aromatic nitrogens is 1. The van der Waals surface area contributed by atoms with E-state index in [0.717, 1.165) is 12.4 Å². The Morgan fingerprint density at radius 1 is 1.46 bits per heavy atom. The van der Waals surface area contributed by atoms with Crippen LogP contribution in [0.1, 0.15) is 6.92 Å². The smallest absolute Gasteiger partial charge is 0.126 e. The van der Waals surface area contributed by atoms with Crippen molar-refractivity contribution in [3.8, 4) is 0 Å². The minimum absolute atomic E-state index is 0.421. The SMILES string of the molecule is CC(CN(C)C)Nc1ccccn1. The van der Waals surface area contributed by atoms with E-state index in [2.05, 4.69) is 36.2 Å². The summed E-state index contributed by atoms with van der Waals surface area (Å²) in [6.07, 6.45) is 1.80. The van der Waals surface area contributed by atoms with Crippen LogP contribution in [0.2, 0.25) is 0 Å². The molecule has 72 valence electrons. The lowest BCUT2D eigenvalue weighted by Gasteiger charge is -2.18. The van der Waals surface area contributed by atoms with E-state index >= 15 is 0 Å². The van der Waals surface area contributed by atoms with Gasteiger partial charge in [0.1, 0.15) is 5.82 Å². The summed E-state index contributed by atoms with van der Waals surface area (Å²) in [4.78, 5) is 6.35. The molecule has 0 saturated heterocycles. The maximum atomic E-state index is 4.20. The summed E-state index contributed by atoms with van der Waals surface area (Å²) in [5, 5.41) is 3.32. The van der Waals surface area contributed by atoms with Crippen molar-refractivity contribution in [2.24, 2.45) is 0 Å². The molecule has 0 aliphatic rings. The molecule has 0 radical (unpaired) electrons. The summed E-state index contributed by atoms with van der Waals surface area (Å²) in [7, 11) is 4.13. The highest BCUT2D eigenvalue weighted by Crippen LogP contribution is 2.02. The van der Waals surface area contributed by atoms with Gasteiger partial charge in [-0.05, 0) is 33.2 Å². The molecule has 0 aliphatic heterocycles. The summed E-state index contributed by atoms with van der Waals surface area (Å²) in [6, 6.07) is 6.30. The summed E-state index contributed by atoms with van der Waals surface area (Å²) in [6.45, 7) is 3.16. The van der Waals surface area contributed by atoms with E-state index in [9.17, 15) is 0 Å². The van der Waals surface area contributed by atoms with Crippen LogP contribution in [0.15, 0.2) is 24.4 Å². The fourth-order valence-electron chi connectivity index (χ4n) is 1.29. The van der Waals surface area contributed by atoms with Crippen molar-refractivity contribution in [2.75, 3.05) is 26.0 Å². The number of nitrogens with one attached hydrogen (secondary N) is 1. The number of nitrogens with zero attached hydrogens (tertiary/aromatic N) is 2. The molecule has 0 spiro atoms. The first-order valence-electron chi connectivity index (χ1n) is 4.51. The molecule has 3 nitrogen and oxygen atoms in total. The molecule has 0 aromatic carbocycles. The van der Waals surface area contributed by atoms with Crippen molar-refractivity contribution in [3.05, 3.63) is 24.4 Å². The highest BCUT2D eigenvalue weighted by Gasteiger charge is 2.02. The van der Waals surface area contributed by atoms with Gasteiger partial charge < -0.3 is 10.2 Å². The quantitative estimate of drug-likeness (QED) is 0.758. The maximum absolute atomic E-state index is 4.20. The van der Waals surface area contributed by atoms with E-state index in [1.165, 1.54) is 0 Å². The number of rotatable bonds is 4. The van der Waals surface area contributed by atoms with Gasteiger partial charge in [0.2, 0.25) is 0 Å². The second-order valence-corrected chi connectivity index (χ2v) is 3.52. The Hall–Kier alpha value is -1.09. The monoisotopic (exact) mass is 179 g/mol. The third-order valence-corrected chi connectivity index (χ3v) is 1.70. The average molecular weight is 179 g/mol. The Balaban J connectivity index is 2.41. The molecular weight excluding hydrogens is 162 g/mol. The van der Waals surface area contributed by atoms with Crippen molar-refractivity contribution in [2.45, 2.75) is 13.0 Å². The number of anilines is 1. The second-order valence-electron chi connectivity index (χ2n) is 3.52. The lowest BCUT2D eigenvalue weighted by molar-refractivity contribution is 0.392. The predicted octanol–water partition coefficient (Wildman–Crippen LogP) is 1.44. The Bertz CT molecular complexity index is 233. The molecule has 0 aliphatic carbocycles. The first-order valence-corrected chi connectivity index (χ1v) is 4.51. The summed E-state index contributed by atoms with van der Waals surface area (Å²) in [5.74, 6) is 0.942. The van der Waals surface area contributed by atoms with Gasteiger partial charge in [-0.2, -0.15) is 0 Å². The molecule has 1 rings (SSSR count). The van der Waals surface area contributed by atoms with E-state index in [1.54, 1.807) is 6.20 Å². The fourth-order valence-corrected chi connectivity index (χ4v) is 1.29. The molecule has 0 amide bonds. The van der Waals surface area contributed by atoms with Crippen LogP contribution in [0, 0.1) is 0 Å².